The SMILES string of the molecule is COc1cc(C(=O)Nc2nc(C)c(C)s2)ccc1OCC(=O)Nc1ccc(F)cc1. The minimum Gasteiger partial charge on any atom is -0.493 e. The van der Waals surface area contributed by atoms with Crippen molar-refractivity contribution in [3.63, 3.8) is 0 Å². The molecule has 1 aromatic heterocycles. The molecule has 0 atom stereocenters. The van der Waals surface area contributed by atoms with Gasteiger partial charge in [0.25, 0.3) is 11.8 Å². The van der Waals surface area contributed by atoms with Crippen molar-refractivity contribution in [3.8, 4) is 11.5 Å². The minimum absolute atomic E-state index is 0.281. The maximum absolute atomic E-state index is 12.9. The lowest BCUT2D eigenvalue weighted by Crippen LogP contribution is -2.20. The van der Waals surface area contributed by atoms with Gasteiger partial charge in [-0.1, -0.05) is 0 Å². The van der Waals surface area contributed by atoms with E-state index in [1.807, 2.05) is 13.8 Å². The molecule has 0 aliphatic heterocycles. The fourth-order valence-corrected chi connectivity index (χ4v) is 3.31. The fourth-order valence-electron chi connectivity index (χ4n) is 2.50. The van der Waals surface area contributed by atoms with Gasteiger partial charge in [-0.05, 0) is 56.3 Å². The molecule has 2 amide bonds. The Morgan fingerprint density at radius 2 is 1.80 bits per heavy atom. The largest absolute Gasteiger partial charge is 0.493 e. The highest BCUT2D eigenvalue weighted by Gasteiger charge is 2.14. The van der Waals surface area contributed by atoms with Gasteiger partial charge in [0.2, 0.25) is 0 Å². The molecule has 0 saturated carbocycles. The van der Waals surface area contributed by atoms with Crippen LogP contribution in [0.1, 0.15) is 20.9 Å². The standard InChI is InChI=1S/C21H20FN3O4S/c1-12-13(2)30-21(23-12)25-20(27)14-4-9-17(18(10-14)28-3)29-11-19(26)24-16-7-5-15(22)6-8-16/h4-10H,11H2,1-3H3,(H,24,26)(H,23,25,27). The Morgan fingerprint density at radius 1 is 1.07 bits per heavy atom. The molecule has 3 rings (SSSR count). The van der Waals surface area contributed by atoms with E-state index < -0.39 is 11.7 Å². The summed E-state index contributed by atoms with van der Waals surface area (Å²) < 4.78 is 23.7. The Bertz CT molecular complexity index is 1050. The lowest BCUT2D eigenvalue weighted by molar-refractivity contribution is -0.118. The first-order valence-corrected chi connectivity index (χ1v) is 9.79. The predicted molar refractivity (Wildman–Crippen MR) is 113 cm³/mol. The molecule has 0 radical (unpaired) electrons. The van der Waals surface area contributed by atoms with Gasteiger partial charge < -0.3 is 14.8 Å². The summed E-state index contributed by atoms with van der Waals surface area (Å²) in [6.07, 6.45) is 0. The number of carbonyl (C=O) groups is 2. The molecule has 2 N–H and O–H groups in total. The Kier molecular flexibility index (Phi) is 6.63. The second-order valence-electron chi connectivity index (χ2n) is 6.32. The monoisotopic (exact) mass is 429 g/mol. The number of benzene rings is 2. The van der Waals surface area contributed by atoms with Crippen molar-refractivity contribution < 1.29 is 23.5 Å². The molecule has 0 fully saturated rings. The first-order valence-electron chi connectivity index (χ1n) is 8.97. The first kappa shape index (κ1) is 21.3. The number of nitrogens with zero attached hydrogens (tertiary/aromatic N) is 1. The summed E-state index contributed by atoms with van der Waals surface area (Å²) in [5, 5.41) is 5.87. The van der Waals surface area contributed by atoms with Crippen LogP contribution in [0.4, 0.5) is 15.2 Å². The van der Waals surface area contributed by atoms with E-state index in [0.717, 1.165) is 10.6 Å². The predicted octanol–water partition coefficient (Wildman–Crippen LogP) is 4.18. The van der Waals surface area contributed by atoms with Crippen LogP contribution in [-0.2, 0) is 4.79 Å². The molecule has 0 aliphatic carbocycles. The number of anilines is 2. The highest BCUT2D eigenvalue weighted by molar-refractivity contribution is 7.15. The second kappa shape index (κ2) is 9.36. The summed E-state index contributed by atoms with van der Waals surface area (Å²) >= 11 is 1.40. The highest BCUT2D eigenvalue weighted by atomic mass is 32.1. The summed E-state index contributed by atoms with van der Waals surface area (Å²) in [6.45, 7) is 3.53. The van der Waals surface area contributed by atoms with Crippen LogP contribution in [0, 0.1) is 19.7 Å². The quantitative estimate of drug-likeness (QED) is 0.588. The second-order valence-corrected chi connectivity index (χ2v) is 7.53. The lowest BCUT2D eigenvalue weighted by atomic mass is 10.2. The van der Waals surface area contributed by atoms with Crippen molar-refractivity contribution in [2.24, 2.45) is 0 Å². The van der Waals surface area contributed by atoms with Crippen molar-refractivity contribution in [1.29, 1.82) is 0 Å². The van der Waals surface area contributed by atoms with Gasteiger partial charge in [-0.25, -0.2) is 9.37 Å². The molecule has 0 saturated heterocycles. The van der Waals surface area contributed by atoms with E-state index in [1.165, 1.54) is 48.8 Å². The number of nitrogens with one attached hydrogen (secondary N) is 2. The number of hydrogen-bond acceptors (Lipinski definition) is 6. The van der Waals surface area contributed by atoms with Gasteiger partial charge in [0.15, 0.2) is 23.2 Å². The highest BCUT2D eigenvalue weighted by Crippen LogP contribution is 2.29. The minimum atomic E-state index is -0.417. The molecule has 1 heterocycles. The van der Waals surface area contributed by atoms with Crippen LogP contribution in [-0.4, -0.2) is 30.5 Å². The van der Waals surface area contributed by atoms with Crippen LogP contribution < -0.4 is 20.1 Å². The van der Waals surface area contributed by atoms with E-state index in [4.69, 9.17) is 9.47 Å². The van der Waals surface area contributed by atoms with Gasteiger partial charge in [-0.2, -0.15) is 0 Å². The average molecular weight is 429 g/mol. The topological polar surface area (TPSA) is 89.6 Å². The molecule has 3 aromatic rings. The number of rotatable bonds is 7. The molecule has 0 unspecified atom stereocenters. The van der Waals surface area contributed by atoms with Gasteiger partial charge in [0, 0.05) is 16.1 Å². The third kappa shape index (κ3) is 5.32. The number of methoxy groups -OCH3 is 1. The fraction of sp³-hybridized carbons (Fsp3) is 0.190. The Morgan fingerprint density at radius 3 is 2.43 bits per heavy atom. The number of amides is 2. The summed E-state index contributed by atoms with van der Waals surface area (Å²) in [4.78, 5) is 29.8. The third-order valence-electron chi connectivity index (χ3n) is 4.16. The summed E-state index contributed by atoms with van der Waals surface area (Å²) in [7, 11) is 1.44. The number of ether oxygens (including phenoxy) is 2. The van der Waals surface area contributed by atoms with Gasteiger partial charge >= 0.3 is 0 Å². The maximum Gasteiger partial charge on any atom is 0.262 e. The van der Waals surface area contributed by atoms with Crippen LogP contribution in [0.25, 0.3) is 0 Å². The molecule has 0 aliphatic rings. The number of thiazole rings is 1. The molecule has 30 heavy (non-hydrogen) atoms. The molecular weight excluding hydrogens is 409 g/mol. The van der Waals surface area contributed by atoms with Crippen LogP contribution in [0.15, 0.2) is 42.5 Å². The first-order chi connectivity index (χ1) is 14.4. The van der Waals surface area contributed by atoms with Crippen molar-refractivity contribution >= 4 is 34.0 Å². The maximum atomic E-state index is 12.9. The van der Waals surface area contributed by atoms with Crippen molar-refractivity contribution in [1.82, 2.24) is 4.98 Å². The zero-order valence-electron chi connectivity index (χ0n) is 16.6. The number of carbonyl (C=O) groups excluding carboxylic acids is 2. The lowest BCUT2D eigenvalue weighted by Gasteiger charge is -2.12. The molecule has 0 bridgehead atoms. The molecule has 7 nitrogen and oxygen atoms in total. The summed E-state index contributed by atoms with van der Waals surface area (Å²) in [6, 6.07) is 10.0. The van der Waals surface area contributed by atoms with Gasteiger partial charge in [-0.3, -0.25) is 14.9 Å². The third-order valence-corrected chi connectivity index (χ3v) is 5.15. The normalized spacial score (nSPS) is 10.4. The van der Waals surface area contributed by atoms with E-state index >= 15 is 0 Å². The average Bonchev–Trinajstić information content (AvgIpc) is 3.04. The zero-order chi connectivity index (χ0) is 21.7. The Hall–Kier alpha value is -3.46. The van der Waals surface area contributed by atoms with E-state index in [1.54, 1.807) is 12.1 Å². The number of aryl methyl sites for hydroxylation is 2. The van der Waals surface area contributed by atoms with Crippen LogP contribution in [0.3, 0.4) is 0 Å². The molecule has 0 spiro atoms. The van der Waals surface area contributed by atoms with Crippen LogP contribution >= 0.6 is 11.3 Å². The smallest absolute Gasteiger partial charge is 0.262 e. The Balaban J connectivity index is 1.62. The number of halogens is 1. The van der Waals surface area contributed by atoms with Gasteiger partial charge in [0.1, 0.15) is 5.82 Å². The molecule has 2 aromatic carbocycles. The number of hydrogen-bond donors (Lipinski definition) is 2. The zero-order valence-corrected chi connectivity index (χ0v) is 17.4. The van der Waals surface area contributed by atoms with Crippen molar-refractivity contribution in [2.45, 2.75) is 13.8 Å². The Labute approximate surface area is 176 Å². The van der Waals surface area contributed by atoms with Crippen LogP contribution in [0.5, 0.6) is 11.5 Å². The molecular formula is C21H20FN3O4S. The van der Waals surface area contributed by atoms with E-state index in [2.05, 4.69) is 15.6 Å². The van der Waals surface area contributed by atoms with E-state index in [9.17, 15) is 14.0 Å². The molecule has 9 heteroatoms. The summed E-state index contributed by atoms with van der Waals surface area (Å²) in [5.41, 5.74) is 1.69. The number of aromatic nitrogens is 1. The van der Waals surface area contributed by atoms with Gasteiger partial charge in [-0.15, -0.1) is 11.3 Å². The summed E-state index contributed by atoms with van der Waals surface area (Å²) in [5.74, 6) is -0.520. The van der Waals surface area contributed by atoms with E-state index in [0.29, 0.717) is 27.9 Å². The van der Waals surface area contributed by atoms with Crippen LogP contribution in [0.2, 0.25) is 0 Å². The van der Waals surface area contributed by atoms with Gasteiger partial charge in [0.05, 0.1) is 12.8 Å². The van der Waals surface area contributed by atoms with E-state index in [-0.39, 0.29) is 12.5 Å². The molecule has 156 valence electrons. The van der Waals surface area contributed by atoms with Crippen molar-refractivity contribution in [2.75, 3.05) is 24.4 Å². The van der Waals surface area contributed by atoms with Crippen molar-refractivity contribution in [3.05, 3.63) is 64.4 Å².